The molecule has 3 rings (SSSR count). The number of hydrogen-bond donors (Lipinski definition) is 1. The Morgan fingerprint density at radius 1 is 1.14 bits per heavy atom. The molecule has 1 aliphatic carbocycles. The number of aromatic nitrogens is 1. The van der Waals surface area contributed by atoms with Crippen molar-refractivity contribution in [3.05, 3.63) is 23.6 Å². The summed E-state index contributed by atoms with van der Waals surface area (Å²) in [5, 5.41) is 6.64. The van der Waals surface area contributed by atoms with Crippen molar-refractivity contribution in [1.82, 2.24) is 4.98 Å². The summed E-state index contributed by atoms with van der Waals surface area (Å²) < 4.78 is 10.8. The maximum atomic E-state index is 5.45. The maximum Gasteiger partial charge on any atom is 0.183 e. The molecule has 1 N–H and O–H groups in total. The highest BCUT2D eigenvalue weighted by Crippen LogP contribution is 2.35. The number of benzene rings is 1. The first-order valence-corrected chi connectivity index (χ1v) is 8.62. The van der Waals surface area contributed by atoms with Crippen LogP contribution in [0.4, 0.5) is 5.13 Å². The molecule has 0 bridgehead atoms. The largest absolute Gasteiger partial charge is 0.497 e. The van der Waals surface area contributed by atoms with Crippen molar-refractivity contribution in [3.63, 3.8) is 0 Å². The van der Waals surface area contributed by atoms with Gasteiger partial charge in [0.15, 0.2) is 5.13 Å². The fourth-order valence-electron chi connectivity index (χ4n) is 2.90. The first-order chi connectivity index (χ1) is 10.8. The van der Waals surface area contributed by atoms with Crippen LogP contribution in [0.15, 0.2) is 23.6 Å². The monoisotopic (exact) mass is 318 g/mol. The Labute approximate surface area is 135 Å². The Morgan fingerprint density at radius 3 is 2.68 bits per heavy atom. The van der Waals surface area contributed by atoms with Crippen molar-refractivity contribution in [1.29, 1.82) is 0 Å². The van der Waals surface area contributed by atoms with Crippen LogP contribution in [-0.4, -0.2) is 25.2 Å². The molecule has 1 aliphatic rings. The molecule has 0 atom stereocenters. The van der Waals surface area contributed by atoms with Gasteiger partial charge in [0.25, 0.3) is 0 Å². The van der Waals surface area contributed by atoms with Gasteiger partial charge in [-0.25, -0.2) is 4.98 Å². The average molecular weight is 318 g/mol. The number of thiazole rings is 1. The summed E-state index contributed by atoms with van der Waals surface area (Å²) in [5.74, 6) is 1.63. The zero-order chi connectivity index (χ0) is 15.4. The molecular formula is C17H22N2O2S. The smallest absolute Gasteiger partial charge is 0.183 e. The lowest BCUT2D eigenvalue weighted by atomic mass is 9.96. The Kier molecular flexibility index (Phi) is 4.83. The summed E-state index contributed by atoms with van der Waals surface area (Å²) in [4.78, 5) is 4.73. The number of ether oxygens (including phenoxy) is 2. The molecule has 0 aliphatic heterocycles. The Morgan fingerprint density at radius 2 is 1.95 bits per heavy atom. The topological polar surface area (TPSA) is 43.4 Å². The first kappa shape index (κ1) is 15.2. The maximum absolute atomic E-state index is 5.45. The van der Waals surface area contributed by atoms with E-state index in [1.165, 1.54) is 32.1 Å². The van der Waals surface area contributed by atoms with Crippen LogP contribution in [0.1, 0.15) is 32.1 Å². The van der Waals surface area contributed by atoms with Crippen LogP contribution < -0.4 is 14.8 Å². The van der Waals surface area contributed by atoms with Gasteiger partial charge >= 0.3 is 0 Å². The third-order valence-electron chi connectivity index (χ3n) is 4.12. The van der Waals surface area contributed by atoms with Crippen LogP contribution in [0.25, 0.3) is 11.3 Å². The number of nitrogens with one attached hydrogen (secondary N) is 1. The van der Waals surface area contributed by atoms with Gasteiger partial charge in [0.05, 0.1) is 19.9 Å². The van der Waals surface area contributed by atoms with Gasteiger partial charge in [-0.15, -0.1) is 11.3 Å². The molecule has 22 heavy (non-hydrogen) atoms. The predicted molar refractivity (Wildman–Crippen MR) is 91.1 cm³/mol. The second-order valence-electron chi connectivity index (χ2n) is 5.58. The van der Waals surface area contributed by atoms with Crippen LogP contribution >= 0.6 is 11.3 Å². The van der Waals surface area contributed by atoms with E-state index in [9.17, 15) is 0 Å². The molecule has 2 aromatic rings. The molecule has 1 saturated carbocycles. The third-order valence-corrected chi connectivity index (χ3v) is 4.89. The van der Waals surface area contributed by atoms with Gasteiger partial charge in [0.2, 0.25) is 0 Å². The predicted octanol–water partition coefficient (Wildman–Crippen LogP) is 4.57. The van der Waals surface area contributed by atoms with Crippen LogP contribution in [0.2, 0.25) is 0 Å². The van der Waals surface area contributed by atoms with Gasteiger partial charge < -0.3 is 14.8 Å². The standard InChI is InChI=1S/C17H22N2O2S/c1-20-13-8-9-16(21-2)14(10-13)15-11-22-17(19-15)18-12-6-4-3-5-7-12/h8-12H,3-7H2,1-2H3,(H,18,19). The lowest BCUT2D eigenvalue weighted by molar-refractivity contribution is 0.404. The third kappa shape index (κ3) is 3.35. The summed E-state index contributed by atoms with van der Waals surface area (Å²) in [5.41, 5.74) is 1.90. The molecule has 5 heteroatoms. The van der Waals surface area contributed by atoms with E-state index < -0.39 is 0 Å². The summed E-state index contributed by atoms with van der Waals surface area (Å²) in [6.45, 7) is 0. The van der Waals surface area contributed by atoms with Crippen molar-refractivity contribution in [2.24, 2.45) is 0 Å². The minimum atomic E-state index is 0.569. The fraction of sp³-hybridized carbons (Fsp3) is 0.471. The summed E-state index contributed by atoms with van der Waals surface area (Å²) >= 11 is 1.65. The molecule has 0 unspecified atom stereocenters. The molecular weight excluding hydrogens is 296 g/mol. The molecule has 4 nitrogen and oxygen atoms in total. The van der Waals surface area contributed by atoms with Gasteiger partial charge in [-0.3, -0.25) is 0 Å². The second-order valence-corrected chi connectivity index (χ2v) is 6.44. The summed E-state index contributed by atoms with van der Waals surface area (Å²) in [6, 6.07) is 6.36. The van der Waals surface area contributed by atoms with Gasteiger partial charge in [-0.05, 0) is 31.0 Å². The Hall–Kier alpha value is -1.75. The van der Waals surface area contributed by atoms with Crippen molar-refractivity contribution in [3.8, 4) is 22.8 Å². The molecule has 1 fully saturated rings. The zero-order valence-corrected chi connectivity index (χ0v) is 13.9. The van der Waals surface area contributed by atoms with Gasteiger partial charge in [-0.1, -0.05) is 19.3 Å². The minimum absolute atomic E-state index is 0.569. The highest BCUT2D eigenvalue weighted by atomic mass is 32.1. The quantitative estimate of drug-likeness (QED) is 0.877. The molecule has 1 aromatic heterocycles. The fourth-order valence-corrected chi connectivity index (χ4v) is 3.69. The lowest BCUT2D eigenvalue weighted by Gasteiger charge is -2.22. The molecule has 0 amide bonds. The van der Waals surface area contributed by atoms with Crippen molar-refractivity contribution < 1.29 is 9.47 Å². The molecule has 0 saturated heterocycles. The Balaban J connectivity index is 1.80. The second kappa shape index (κ2) is 7.01. The summed E-state index contributed by atoms with van der Waals surface area (Å²) in [7, 11) is 3.35. The van der Waals surface area contributed by atoms with E-state index >= 15 is 0 Å². The van der Waals surface area contributed by atoms with Crippen molar-refractivity contribution >= 4 is 16.5 Å². The minimum Gasteiger partial charge on any atom is -0.497 e. The van der Waals surface area contributed by atoms with Crippen LogP contribution in [-0.2, 0) is 0 Å². The van der Waals surface area contributed by atoms with E-state index in [1.807, 2.05) is 18.2 Å². The van der Waals surface area contributed by atoms with E-state index in [2.05, 4.69) is 10.7 Å². The molecule has 1 heterocycles. The van der Waals surface area contributed by atoms with E-state index in [4.69, 9.17) is 14.5 Å². The molecule has 0 spiro atoms. The summed E-state index contributed by atoms with van der Waals surface area (Å²) in [6.07, 6.45) is 6.50. The van der Waals surface area contributed by atoms with Gasteiger partial charge in [0.1, 0.15) is 11.5 Å². The number of anilines is 1. The molecule has 118 valence electrons. The average Bonchev–Trinajstić information content (AvgIpc) is 3.03. The first-order valence-electron chi connectivity index (χ1n) is 7.74. The number of rotatable bonds is 5. The van der Waals surface area contributed by atoms with Crippen LogP contribution in [0.3, 0.4) is 0 Å². The van der Waals surface area contributed by atoms with Crippen LogP contribution in [0, 0.1) is 0 Å². The van der Waals surface area contributed by atoms with Crippen LogP contribution in [0.5, 0.6) is 11.5 Å². The highest BCUT2D eigenvalue weighted by Gasteiger charge is 2.16. The SMILES string of the molecule is COc1ccc(OC)c(-c2csc(NC3CCCCC3)n2)c1. The van der Waals surface area contributed by atoms with Gasteiger partial charge in [0, 0.05) is 17.0 Å². The van der Waals surface area contributed by atoms with Crippen molar-refractivity contribution in [2.45, 2.75) is 38.1 Å². The van der Waals surface area contributed by atoms with Gasteiger partial charge in [-0.2, -0.15) is 0 Å². The normalized spacial score (nSPS) is 15.5. The molecule has 0 radical (unpaired) electrons. The van der Waals surface area contributed by atoms with E-state index in [0.717, 1.165) is 27.9 Å². The van der Waals surface area contributed by atoms with E-state index in [0.29, 0.717) is 6.04 Å². The Bertz CT molecular complexity index is 621. The molecule has 1 aromatic carbocycles. The number of methoxy groups -OCH3 is 2. The zero-order valence-electron chi connectivity index (χ0n) is 13.1. The number of hydrogen-bond acceptors (Lipinski definition) is 5. The lowest BCUT2D eigenvalue weighted by Crippen LogP contribution is -2.21. The highest BCUT2D eigenvalue weighted by molar-refractivity contribution is 7.14. The van der Waals surface area contributed by atoms with Crippen molar-refractivity contribution in [2.75, 3.05) is 19.5 Å². The van der Waals surface area contributed by atoms with E-state index in [-0.39, 0.29) is 0 Å². The van der Waals surface area contributed by atoms with E-state index in [1.54, 1.807) is 25.6 Å². The number of nitrogens with zero attached hydrogens (tertiary/aromatic N) is 1.